The summed E-state index contributed by atoms with van der Waals surface area (Å²) in [5, 5.41) is 10.3. The third kappa shape index (κ3) is 7.35. The second-order valence-corrected chi connectivity index (χ2v) is 22.3. The molecule has 4 atom stereocenters. The highest BCUT2D eigenvalue weighted by atomic mass is 28.4. The third-order valence-corrected chi connectivity index (χ3v) is 5.86. The number of hydrogen-bond donors (Lipinski definition) is 1. The zero-order valence-electron chi connectivity index (χ0n) is 15.6. The van der Waals surface area contributed by atoms with Crippen molar-refractivity contribution in [2.45, 2.75) is 83.5 Å². The first kappa shape index (κ1) is 20.5. The Morgan fingerprint density at radius 3 is 1.55 bits per heavy atom. The zero-order chi connectivity index (χ0) is 17.3. The predicted molar refractivity (Wildman–Crippen MR) is 96.6 cm³/mol. The highest BCUT2D eigenvalue weighted by Crippen LogP contribution is 2.29. The van der Waals surface area contributed by atoms with Crippen LogP contribution in [0.2, 0.25) is 58.9 Å². The van der Waals surface area contributed by atoms with E-state index in [-0.39, 0.29) is 12.2 Å². The van der Waals surface area contributed by atoms with E-state index in [1.807, 2.05) is 0 Å². The van der Waals surface area contributed by atoms with Crippen molar-refractivity contribution in [3.05, 3.63) is 0 Å². The molecule has 8 heteroatoms. The molecule has 1 fully saturated rings. The molecule has 0 aromatic heterocycles. The summed E-state index contributed by atoms with van der Waals surface area (Å²) in [6.07, 6.45) is -1.87. The Balaban J connectivity index is 3.01. The van der Waals surface area contributed by atoms with Crippen LogP contribution in [0.1, 0.15) is 0 Å². The molecule has 0 unspecified atom stereocenters. The number of rotatable bonds is 6. The van der Waals surface area contributed by atoms with Gasteiger partial charge in [-0.2, -0.15) is 0 Å². The fourth-order valence-corrected chi connectivity index (χ4v) is 5.68. The molecular formula is C14H34O5Si3. The van der Waals surface area contributed by atoms with Gasteiger partial charge in [0.25, 0.3) is 0 Å². The van der Waals surface area contributed by atoms with Crippen LogP contribution in [0.25, 0.3) is 0 Å². The number of aliphatic hydroxyl groups is 1. The SMILES string of the molecule is C[Si](C)(C)O[C@H]1[C@H](O[Si](C)(C)C)[C@H](O[Si](C)(C)C)CO[C@@H]1O. The molecule has 1 heterocycles. The lowest BCUT2D eigenvalue weighted by Gasteiger charge is -2.46. The van der Waals surface area contributed by atoms with E-state index in [0.29, 0.717) is 6.61 Å². The first-order valence-electron chi connectivity index (χ1n) is 8.01. The van der Waals surface area contributed by atoms with Gasteiger partial charge < -0.3 is 23.1 Å². The minimum absolute atomic E-state index is 0.178. The summed E-state index contributed by atoms with van der Waals surface area (Å²) in [5.41, 5.74) is 0. The van der Waals surface area contributed by atoms with Crippen molar-refractivity contribution >= 4 is 25.0 Å². The molecule has 0 aromatic carbocycles. The van der Waals surface area contributed by atoms with E-state index >= 15 is 0 Å². The van der Waals surface area contributed by atoms with Gasteiger partial charge in [-0.05, 0) is 58.9 Å². The molecule has 1 aliphatic rings. The Bertz CT molecular complexity index is 359. The van der Waals surface area contributed by atoms with E-state index in [9.17, 15) is 5.11 Å². The van der Waals surface area contributed by atoms with Crippen LogP contribution in [0.5, 0.6) is 0 Å². The minimum atomic E-state index is -1.84. The van der Waals surface area contributed by atoms with E-state index < -0.39 is 37.3 Å². The summed E-state index contributed by atoms with van der Waals surface area (Å²) in [7, 11) is -5.39. The smallest absolute Gasteiger partial charge is 0.184 e. The van der Waals surface area contributed by atoms with Crippen LogP contribution < -0.4 is 0 Å². The van der Waals surface area contributed by atoms with Crippen LogP contribution in [0.4, 0.5) is 0 Å². The van der Waals surface area contributed by atoms with Crippen molar-refractivity contribution in [1.29, 1.82) is 0 Å². The van der Waals surface area contributed by atoms with Crippen molar-refractivity contribution < 1.29 is 23.1 Å². The first-order valence-corrected chi connectivity index (χ1v) is 18.2. The second kappa shape index (κ2) is 7.14. The molecule has 1 rings (SSSR count). The normalized spacial score (nSPS) is 31.4. The molecular weight excluding hydrogens is 332 g/mol. The predicted octanol–water partition coefficient (Wildman–Crippen LogP) is 3.00. The highest BCUT2D eigenvalue weighted by Gasteiger charge is 2.46. The largest absolute Gasteiger partial charge is 0.410 e. The molecule has 0 amide bonds. The van der Waals surface area contributed by atoms with Crippen molar-refractivity contribution in [2.24, 2.45) is 0 Å². The lowest BCUT2D eigenvalue weighted by molar-refractivity contribution is -0.240. The third-order valence-electron chi connectivity index (χ3n) is 2.89. The molecule has 1 N–H and O–H groups in total. The fourth-order valence-electron chi connectivity index (χ4n) is 2.40. The molecule has 1 saturated heterocycles. The van der Waals surface area contributed by atoms with Gasteiger partial charge in [0.1, 0.15) is 12.2 Å². The van der Waals surface area contributed by atoms with Crippen LogP contribution >= 0.6 is 0 Å². The summed E-state index contributed by atoms with van der Waals surface area (Å²) in [6, 6.07) is 0. The molecule has 132 valence electrons. The number of ether oxygens (including phenoxy) is 1. The average Bonchev–Trinajstić information content (AvgIpc) is 2.22. The number of hydrogen-bond acceptors (Lipinski definition) is 5. The topological polar surface area (TPSA) is 57.2 Å². The van der Waals surface area contributed by atoms with Crippen LogP contribution in [-0.4, -0.2) is 61.3 Å². The van der Waals surface area contributed by atoms with Crippen molar-refractivity contribution in [3.8, 4) is 0 Å². The van der Waals surface area contributed by atoms with E-state index in [1.165, 1.54) is 0 Å². The van der Waals surface area contributed by atoms with E-state index in [2.05, 4.69) is 58.9 Å². The maximum absolute atomic E-state index is 10.3. The van der Waals surface area contributed by atoms with Gasteiger partial charge in [-0.15, -0.1) is 0 Å². The maximum Gasteiger partial charge on any atom is 0.184 e. The van der Waals surface area contributed by atoms with Gasteiger partial charge in [0, 0.05) is 0 Å². The standard InChI is InChI=1S/C14H34O5Si3/c1-20(2,3)17-11-10-16-14(15)13(19-22(7,8)9)12(11)18-21(4,5)6/h11-15H,10H2,1-9H3/t11-,12-,13+,14+/m1/s1. The highest BCUT2D eigenvalue weighted by molar-refractivity contribution is 6.70. The molecule has 5 nitrogen and oxygen atoms in total. The number of aliphatic hydroxyl groups excluding tert-OH is 1. The maximum atomic E-state index is 10.3. The fraction of sp³-hybridized carbons (Fsp3) is 1.00. The molecule has 22 heavy (non-hydrogen) atoms. The lowest BCUT2D eigenvalue weighted by atomic mass is 10.1. The molecule has 0 radical (unpaired) electrons. The quantitative estimate of drug-likeness (QED) is 0.732. The Morgan fingerprint density at radius 1 is 0.727 bits per heavy atom. The molecule has 0 aliphatic carbocycles. The summed E-state index contributed by atoms with van der Waals surface area (Å²) in [6.45, 7) is 19.6. The van der Waals surface area contributed by atoms with Gasteiger partial charge in [0.2, 0.25) is 0 Å². The van der Waals surface area contributed by atoms with Gasteiger partial charge in [0.15, 0.2) is 31.2 Å². The summed E-state index contributed by atoms with van der Waals surface area (Å²) >= 11 is 0. The summed E-state index contributed by atoms with van der Waals surface area (Å²) in [4.78, 5) is 0. The minimum Gasteiger partial charge on any atom is -0.410 e. The Labute approximate surface area is 138 Å². The Kier molecular flexibility index (Phi) is 6.65. The van der Waals surface area contributed by atoms with Gasteiger partial charge in [0.05, 0.1) is 12.7 Å². The second-order valence-electron chi connectivity index (χ2n) is 8.88. The van der Waals surface area contributed by atoms with E-state index in [4.69, 9.17) is 18.0 Å². The van der Waals surface area contributed by atoms with Crippen LogP contribution in [0, 0.1) is 0 Å². The molecule has 0 saturated carbocycles. The first-order chi connectivity index (χ1) is 9.68. The molecule has 0 spiro atoms. The van der Waals surface area contributed by atoms with Crippen LogP contribution in [-0.2, 0) is 18.0 Å². The average molecular weight is 367 g/mol. The van der Waals surface area contributed by atoms with Crippen LogP contribution in [0.15, 0.2) is 0 Å². The lowest BCUT2D eigenvalue weighted by Crippen LogP contribution is -2.61. The molecule has 0 aromatic rings. The molecule has 0 bridgehead atoms. The van der Waals surface area contributed by atoms with E-state index in [0.717, 1.165) is 0 Å². The van der Waals surface area contributed by atoms with Gasteiger partial charge in [-0.25, -0.2) is 0 Å². The van der Waals surface area contributed by atoms with Crippen LogP contribution in [0.3, 0.4) is 0 Å². The van der Waals surface area contributed by atoms with Crippen molar-refractivity contribution in [1.82, 2.24) is 0 Å². The monoisotopic (exact) mass is 366 g/mol. The molecule has 1 aliphatic heterocycles. The van der Waals surface area contributed by atoms with Gasteiger partial charge >= 0.3 is 0 Å². The summed E-state index contributed by atoms with van der Waals surface area (Å²) in [5.74, 6) is 0. The van der Waals surface area contributed by atoms with E-state index in [1.54, 1.807) is 0 Å². The van der Waals surface area contributed by atoms with Crippen molar-refractivity contribution in [2.75, 3.05) is 6.61 Å². The summed E-state index contributed by atoms with van der Waals surface area (Å²) < 4.78 is 24.3. The van der Waals surface area contributed by atoms with Gasteiger partial charge in [-0.3, -0.25) is 0 Å². The van der Waals surface area contributed by atoms with Gasteiger partial charge in [-0.1, -0.05) is 0 Å². The Morgan fingerprint density at radius 2 is 1.14 bits per heavy atom. The Hall–Kier alpha value is 0.451. The van der Waals surface area contributed by atoms with Crippen molar-refractivity contribution in [3.63, 3.8) is 0 Å². The zero-order valence-corrected chi connectivity index (χ0v) is 18.6.